The Kier molecular flexibility index (Phi) is 3.90. The summed E-state index contributed by atoms with van der Waals surface area (Å²) in [6, 6.07) is 2.57. The second kappa shape index (κ2) is 6.05. The summed E-state index contributed by atoms with van der Waals surface area (Å²) in [5, 5.41) is 8.89. The molecule has 7 heteroatoms. The van der Waals surface area contributed by atoms with Gasteiger partial charge in [0.25, 0.3) is 11.7 Å². The number of aromatic nitrogens is 2. The van der Waals surface area contributed by atoms with Crippen LogP contribution in [0.25, 0.3) is 0 Å². The van der Waals surface area contributed by atoms with E-state index in [1.807, 2.05) is 0 Å². The molecule has 0 aromatic carbocycles. The van der Waals surface area contributed by atoms with Gasteiger partial charge in [0.15, 0.2) is 0 Å². The summed E-state index contributed by atoms with van der Waals surface area (Å²) in [4.78, 5) is 20.1. The van der Waals surface area contributed by atoms with E-state index < -0.39 is 0 Å². The average molecular weight is 332 g/mol. The van der Waals surface area contributed by atoms with Gasteiger partial charge in [0, 0.05) is 17.5 Å². The fourth-order valence-corrected chi connectivity index (χ4v) is 3.92. The number of carbonyl (C=O) groups is 1. The van der Waals surface area contributed by atoms with Crippen LogP contribution in [-0.2, 0) is 6.54 Å². The van der Waals surface area contributed by atoms with E-state index in [1.165, 1.54) is 10.4 Å². The molecule has 0 radical (unpaired) electrons. The summed E-state index contributed by atoms with van der Waals surface area (Å²) in [6.07, 6.45) is 4.21. The number of hydrogen-bond donors (Lipinski definition) is 1. The van der Waals surface area contributed by atoms with E-state index in [4.69, 9.17) is 4.52 Å². The summed E-state index contributed by atoms with van der Waals surface area (Å²) in [7, 11) is 0. The van der Waals surface area contributed by atoms with E-state index >= 15 is 0 Å². The van der Waals surface area contributed by atoms with E-state index in [0.717, 1.165) is 38.8 Å². The highest BCUT2D eigenvalue weighted by atomic mass is 32.1. The van der Waals surface area contributed by atoms with Crippen molar-refractivity contribution in [1.29, 1.82) is 0 Å². The molecule has 2 aliphatic rings. The largest absolute Gasteiger partial charge is 0.346 e. The molecule has 0 unspecified atom stereocenters. The fraction of sp³-hybridized carbons (Fsp3) is 0.562. The lowest BCUT2D eigenvalue weighted by Gasteiger charge is -2.21. The highest BCUT2D eigenvalue weighted by molar-refractivity contribution is 7.10. The third kappa shape index (κ3) is 3.16. The molecule has 1 amide bonds. The first-order valence-electron chi connectivity index (χ1n) is 8.12. The Morgan fingerprint density at radius 1 is 1.48 bits per heavy atom. The minimum Gasteiger partial charge on any atom is -0.346 e. The molecule has 6 nitrogen and oxygen atoms in total. The molecule has 1 saturated heterocycles. The fourth-order valence-electron chi connectivity index (χ4n) is 2.99. The number of aryl methyl sites for hydroxylation is 1. The minimum absolute atomic E-state index is 0.117. The first kappa shape index (κ1) is 14.8. The maximum atomic E-state index is 12.0. The summed E-state index contributed by atoms with van der Waals surface area (Å²) in [6.45, 7) is 4.07. The molecule has 1 aliphatic heterocycles. The van der Waals surface area contributed by atoms with Gasteiger partial charge in [-0.3, -0.25) is 9.69 Å². The normalized spacial score (nSPS) is 21.7. The SMILES string of the molecule is Cc1ccsc1CN1CCC[C@@H]1c1nc(C(=O)NC2CC2)no1. The van der Waals surface area contributed by atoms with Gasteiger partial charge in [-0.25, -0.2) is 0 Å². The lowest BCUT2D eigenvalue weighted by atomic mass is 10.2. The Balaban J connectivity index is 1.46. The summed E-state index contributed by atoms with van der Waals surface area (Å²) >= 11 is 1.79. The van der Waals surface area contributed by atoms with Gasteiger partial charge in [-0.05, 0) is 56.2 Å². The van der Waals surface area contributed by atoms with Crippen LogP contribution in [0.2, 0.25) is 0 Å². The summed E-state index contributed by atoms with van der Waals surface area (Å²) < 4.78 is 5.39. The maximum absolute atomic E-state index is 12.0. The molecule has 1 saturated carbocycles. The molecule has 0 spiro atoms. The average Bonchev–Trinajstić information content (AvgIpc) is 2.96. The van der Waals surface area contributed by atoms with Gasteiger partial charge >= 0.3 is 0 Å². The molecule has 23 heavy (non-hydrogen) atoms. The third-order valence-corrected chi connectivity index (χ3v) is 5.53. The molecular formula is C16H20N4O2S. The topological polar surface area (TPSA) is 71.3 Å². The predicted molar refractivity (Wildman–Crippen MR) is 86.2 cm³/mol. The molecule has 1 aliphatic carbocycles. The molecule has 4 rings (SSSR count). The van der Waals surface area contributed by atoms with Crippen LogP contribution in [0.15, 0.2) is 16.0 Å². The lowest BCUT2D eigenvalue weighted by Crippen LogP contribution is -2.26. The van der Waals surface area contributed by atoms with Gasteiger partial charge in [0.1, 0.15) is 0 Å². The molecule has 0 bridgehead atoms. The predicted octanol–water partition coefficient (Wildman–Crippen LogP) is 2.67. The summed E-state index contributed by atoms with van der Waals surface area (Å²) in [5.41, 5.74) is 1.33. The molecule has 3 heterocycles. The van der Waals surface area contributed by atoms with Gasteiger partial charge < -0.3 is 9.84 Å². The summed E-state index contributed by atoms with van der Waals surface area (Å²) in [5.74, 6) is 0.504. The van der Waals surface area contributed by atoms with Crippen LogP contribution in [0.4, 0.5) is 0 Å². The Morgan fingerprint density at radius 3 is 3.09 bits per heavy atom. The number of nitrogens with one attached hydrogen (secondary N) is 1. The van der Waals surface area contributed by atoms with E-state index in [1.54, 1.807) is 11.3 Å². The van der Waals surface area contributed by atoms with Crippen molar-refractivity contribution in [1.82, 2.24) is 20.4 Å². The molecule has 1 atom stereocenters. The van der Waals surface area contributed by atoms with Crippen molar-refractivity contribution < 1.29 is 9.32 Å². The van der Waals surface area contributed by atoms with Crippen LogP contribution >= 0.6 is 11.3 Å². The first-order valence-corrected chi connectivity index (χ1v) is 9.00. The molecule has 122 valence electrons. The van der Waals surface area contributed by atoms with E-state index in [0.29, 0.717) is 11.9 Å². The molecule has 1 N–H and O–H groups in total. The number of amides is 1. The lowest BCUT2D eigenvalue weighted by molar-refractivity contribution is 0.0937. The number of likely N-dealkylation sites (tertiary alicyclic amines) is 1. The third-order valence-electron chi connectivity index (χ3n) is 4.52. The van der Waals surface area contributed by atoms with Crippen LogP contribution in [0.1, 0.15) is 58.7 Å². The molecule has 2 aromatic heterocycles. The zero-order valence-corrected chi connectivity index (χ0v) is 13.9. The number of hydrogen-bond acceptors (Lipinski definition) is 6. The van der Waals surface area contributed by atoms with Crippen molar-refractivity contribution >= 4 is 17.2 Å². The highest BCUT2D eigenvalue weighted by Crippen LogP contribution is 2.33. The molecule has 2 fully saturated rings. The van der Waals surface area contributed by atoms with Crippen molar-refractivity contribution in [2.24, 2.45) is 0 Å². The van der Waals surface area contributed by atoms with Crippen LogP contribution in [0.3, 0.4) is 0 Å². The maximum Gasteiger partial charge on any atom is 0.292 e. The zero-order valence-electron chi connectivity index (χ0n) is 13.1. The number of carbonyl (C=O) groups excluding carboxylic acids is 1. The van der Waals surface area contributed by atoms with Gasteiger partial charge in [-0.2, -0.15) is 4.98 Å². The van der Waals surface area contributed by atoms with Crippen molar-refractivity contribution in [3.63, 3.8) is 0 Å². The van der Waals surface area contributed by atoms with Crippen molar-refractivity contribution in [3.05, 3.63) is 33.6 Å². The van der Waals surface area contributed by atoms with Crippen molar-refractivity contribution in [2.75, 3.05) is 6.54 Å². The van der Waals surface area contributed by atoms with Gasteiger partial charge in [0.05, 0.1) is 6.04 Å². The van der Waals surface area contributed by atoms with Gasteiger partial charge in [0.2, 0.25) is 5.89 Å². The Hall–Kier alpha value is -1.73. The van der Waals surface area contributed by atoms with E-state index in [2.05, 4.69) is 38.7 Å². The zero-order chi connectivity index (χ0) is 15.8. The number of thiophene rings is 1. The number of nitrogens with zero attached hydrogens (tertiary/aromatic N) is 3. The monoisotopic (exact) mass is 332 g/mol. The van der Waals surface area contributed by atoms with Crippen LogP contribution in [0.5, 0.6) is 0 Å². The van der Waals surface area contributed by atoms with Gasteiger partial charge in [-0.1, -0.05) is 5.16 Å². The second-order valence-electron chi connectivity index (χ2n) is 6.36. The second-order valence-corrected chi connectivity index (χ2v) is 7.36. The quantitative estimate of drug-likeness (QED) is 0.911. The smallest absolute Gasteiger partial charge is 0.292 e. The molecule has 2 aromatic rings. The van der Waals surface area contributed by atoms with Crippen LogP contribution in [-0.4, -0.2) is 33.5 Å². The van der Waals surface area contributed by atoms with Crippen molar-refractivity contribution in [3.8, 4) is 0 Å². The molecular weight excluding hydrogens is 312 g/mol. The van der Waals surface area contributed by atoms with E-state index in [9.17, 15) is 4.79 Å². The first-order chi connectivity index (χ1) is 11.2. The Bertz CT molecular complexity index is 707. The van der Waals surface area contributed by atoms with Crippen LogP contribution < -0.4 is 5.32 Å². The van der Waals surface area contributed by atoms with E-state index in [-0.39, 0.29) is 17.8 Å². The Labute approximate surface area is 138 Å². The highest BCUT2D eigenvalue weighted by Gasteiger charge is 2.32. The minimum atomic E-state index is -0.221. The number of rotatable bonds is 5. The Morgan fingerprint density at radius 2 is 2.35 bits per heavy atom. The standard InChI is InChI=1S/C16H20N4O2S/c1-10-6-8-23-13(10)9-20-7-2-3-12(20)16-18-14(19-22-16)15(21)17-11-4-5-11/h6,8,11-12H,2-5,7,9H2,1H3,(H,17,21)/t12-/m1/s1. The van der Waals surface area contributed by atoms with Gasteiger partial charge in [-0.15, -0.1) is 11.3 Å². The van der Waals surface area contributed by atoms with Crippen LogP contribution in [0, 0.1) is 6.92 Å². The van der Waals surface area contributed by atoms with Crippen molar-refractivity contribution in [2.45, 2.75) is 51.2 Å².